The van der Waals surface area contributed by atoms with Crippen LogP contribution in [0, 0.1) is 0 Å². The number of rotatable bonds is 18. The van der Waals surface area contributed by atoms with Gasteiger partial charge in [0.05, 0.1) is 6.61 Å². The first-order valence-corrected chi connectivity index (χ1v) is 9.95. The van der Waals surface area contributed by atoms with E-state index in [1.165, 1.54) is 77.1 Å². The summed E-state index contributed by atoms with van der Waals surface area (Å²) in [5.41, 5.74) is 0. The van der Waals surface area contributed by atoms with Crippen molar-refractivity contribution in [2.45, 2.75) is 110 Å². The van der Waals surface area contributed by atoms with Crippen molar-refractivity contribution in [2.24, 2.45) is 0 Å². The zero-order chi connectivity index (χ0) is 17.9. The van der Waals surface area contributed by atoms with Crippen molar-refractivity contribution in [1.82, 2.24) is 0 Å². The van der Waals surface area contributed by atoms with E-state index in [0.29, 0.717) is 13.0 Å². The van der Waals surface area contributed by atoms with E-state index in [4.69, 9.17) is 4.74 Å². The Morgan fingerprint density at radius 1 is 0.792 bits per heavy atom. The molecule has 0 heterocycles. The Morgan fingerprint density at radius 3 is 1.67 bits per heavy atom. The number of hydrogen-bond acceptors (Lipinski definition) is 4. The van der Waals surface area contributed by atoms with Crippen molar-refractivity contribution in [3.63, 3.8) is 0 Å². The van der Waals surface area contributed by atoms with Crippen LogP contribution < -0.4 is 0 Å². The fourth-order valence-electron chi connectivity index (χ4n) is 2.74. The van der Waals surface area contributed by atoms with Gasteiger partial charge in [-0.3, -0.25) is 0 Å². The zero-order valence-electron chi connectivity index (χ0n) is 15.8. The summed E-state index contributed by atoms with van der Waals surface area (Å²) in [6, 6.07) is 0. The molecule has 0 spiro atoms. The van der Waals surface area contributed by atoms with E-state index in [1.54, 1.807) is 6.92 Å². The van der Waals surface area contributed by atoms with Crippen LogP contribution in [0.15, 0.2) is 0 Å². The average Bonchev–Trinajstić information content (AvgIpc) is 2.59. The predicted molar refractivity (Wildman–Crippen MR) is 97.5 cm³/mol. The van der Waals surface area contributed by atoms with Gasteiger partial charge in [0.15, 0.2) is 6.10 Å². The van der Waals surface area contributed by atoms with E-state index in [0.717, 1.165) is 12.8 Å². The van der Waals surface area contributed by atoms with Gasteiger partial charge in [0.1, 0.15) is 0 Å². The van der Waals surface area contributed by atoms with Crippen molar-refractivity contribution in [3.05, 3.63) is 0 Å². The highest BCUT2D eigenvalue weighted by molar-refractivity contribution is 5.75. The van der Waals surface area contributed by atoms with Gasteiger partial charge in [-0.2, -0.15) is 0 Å². The van der Waals surface area contributed by atoms with Crippen molar-refractivity contribution < 1.29 is 19.1 Å². The molecule has 0 N–H and O–H groups in total. The van der Waals surface area contributed by atoms with Gasteiger partial charge in [0.2, 0.25) is 0 Å². The largest absolute Gasteiger partial charge is 0.463 e. The standard InChI is InChI=1S/C20H37O4/c1-3-5-6-7-8-9-10-11-12-13-14-15-16-17-23-20(22)19(4-2)24-18-21/h19H,3-17H2,1-2H3. The fourth-order valence-corrected chi connectivity index (χ4v) is 2.74. The lowest BCUT2D eigenvalue weighted by molar-refractivity contribution is -0.152. The van der Waals surface area contributed by atoms with Crippen LogP contribution >= 0.6 is 0 Å². The van der Waals surface area contributed by atoms with Gasteiger partial charge in [-0.1, -0.05) is 90.9 Å². The third kappa shape index (κ3) is 14.5. The summed E-state index contributed by atoms with van der Waals surface area (Å²) in [5, 5.41) is 0. The van der Waals surface area contributed by atoms with Crippen LogP contribution in [-0.4, -0.2) is 25.2 Å². The average molecular weight is 342 g/mol. The smallest absolute Gasteiger partial charge is 0.418 e. The SMILES string of the molecule is CCCCCCCCCCCCCCCOC(=O)C(CC)O[C]=O. The lowest BCUT2D eigenvalue weighted by Gasteiger charge is -2.11. The van der Waals surface area contributed by atoms with Crippen LogP contribution in [0.3, 0.4) is 0 Å². The second kappa shape index (κ2) is 18.3. The van der Waals surface area contributed by atoms with Gasteiger partial charge in [-0.15, -0.1) is 0 Å². The summed E-state index contributed by atoms with van der Waals surface area (Å²) in [6.07, 6.45) is 16.4. The van der Waals surface area contributed by atoms with Gasteiger partial charge in [-0.25, -0.2) is 9.59 Å². The Labute approximate surface area is 148 Å². The van der Waals surface area contributed by atoms with Crippen molar-refractivity contribution in [3.8, 4) is 0 Å². The molecule has 0 aliphatic rings. The first kappa shape index (κ1) is 22.9. The Balaban J connectivity index is 3.25. The van der Waals surface area contributed by atoms with Gasteiger partial charge in [-0.05, 0) is 12.8 Å². The number of hydrogen-bond donors (Lipinski definition) is 0. The summed E-state index contributed by atoms with van der Waals surface area (Å²) in [6.45, 7) is 5.74. The molecular formula is C20H37O4. The zero-order valence-corrected chi connectivity index (χ0v) is 15.8. The number of unbranched alkanes of at least 4 members (excludes halogenated alkanes) is 12. The molecule has 0 saturated carbocycles. The van der Waals surface area contributed by atoms with E-state index < -0.39 is 12.1 Å². The molecule has 0 aromatic heterocycles. The molecule has 0 aliphatic carbocycles. The van der Waals surface area contributed by atoms with E-state index in [9.17, 15) is 9.59 Å². The second-order valence-electron chi connectivity index (χ2n) is 6.51. The molecule has 0 fully saturated rings. The fraction of sp³-hybridized carbons (Fsp3) is 0.900. The van der Waals surface area contributed by atoms with Gasteiger partial charge >= 0.3 is 12.4 Å². The monoisotopic (exact) mass is 341 g/mol. The van der Waals surface area contributed by atoms with E-state index >= 15 is 0 Å². The van der Waals surface area contributed by atoms with E-state index in [1.807, 2.05) is 0 Å². The third-order valence-electron chi connectivity index (χ3n) is 4.32. The van der Waals surface area contributed by atoms with Crippen molar-refractivity contribution >= 4 is 12.4 Å². The summed E-state index contributed by atoms with van der Waals surface area (Å²) >= 11 is 0. The maximum absolute atomic E-state index is 11.6. The van der Waals surface area contributed by atoms with Crippen LogP contribution in [-0.2, 0) is 19.1 Å². The number of ether oxygens (including phenoxy) is 2. The minimum Gasteiger partial charge on any atom is -0.463 e. The molecule has 1 atom stereocenters. The van der Waals surface area contributed by atoms with E-state index in [-0.39, 0.29) is 0 Å². The predicted octanol–water partition coefficient (Wildman–Crippen LogP) is 5.48. The summed E-state index contributed by atoms with van der Waals surface area (Å²) in [5.74, 6) is -0.459. The lowest BCUT2D eigenvalue weighted by Crippen LogP contribution is -2.25. The maximum atomic E-state index is 11.6. The molecule has 0 aromatic rings. The Kier molecular flexibility index (Phi) is 17.5. The number of carbonyl (C=O) groups excluding carboxylic acids is 2. The highest BCUT2D eigenvalue weighted by Crippen LogP contribution is 2.12. The Bertz CT molecular complexity index is 291. The molecule has 0 aliphatic heterocycles. The topological polar surface area (TPSA) is 52.6 Å². The van der Waals surface area contributed by atoms with E-state index in [2.05, 4.69) is 11.7 Å². The Hall–Kier alpha value is -1.06. The van der Waals surface area contributed by atoms with Crippen LogP contribution in [0.5, 0.6) is 0 Å². The van der Waals surface area contributed by atoms with Gasteiger partial charge in [0.25, 0.3) is 0 Å². The van der Waals surface area contributed by atoms with Crippen LogP contribution in [0.4, 0.5) is 0 Å². The molecule has 0 rings (SSSR count). The molecular weight excluding hydrogens is 304 g/mol. The maximum Gasteiger partial charge on any atom is 0.418 e. The first-order valence-electron chi connectivity index (χ1n) is 9.95. The van der Waals surface area contributed by atoms with Crippen molar-refractivity contribution in [2.75, 3.05) is 6.61 Å². The van der Waals surface area contributed by atoms with Gasteiger partial charge < -0.3 is 9.47 Å². The third-order valence-corrected chi connectivity index (χ3v) is 4.32. The highest BCUT2D eigenvalue weighted by atomic mass is 16.6. The lowest BCUT2D eigenvalue weighted by atomic mass is 10.0. The second-order valence-corrected chi connectivity index (χ2v) is 6.51. The summed E-state index contributed by atoms with van der Waals surface area (Å²) in [7, 11) is 0. The molecule has 0 bridgehead atoms. The highest BCUT2D eigenvalue weighted by Gasteiger charge is 2.18. The summed E-state index contributed by atoms with van der Waals surface area (Å²) < 4.78 is 9.65. The normalized spacial score (nSPS) is 11.9. The van der Waals surface area contributed by atoms with Gasteiger partial charge in [0, 0.05) is 0 Å². The van der Waals surface area contributed by atoms with Crippen LogP contribution in [0.2, 0.25) is 0 Å². The minimum absolute atomic E-state index is 0.412. The molecule has 1 radical (unpaired) electrons. The van der Waals surface area contributed by atoms with Crippen LogP contribution in [0.25, 0.3) is 0 Å². The molecule has 24 heavy (non-hydrogen) atoms. The molecule has 4 heteroatoms. The molecule has 141 valence electrons. The molecule has 0 amide bonds. The number of carbonyl (C=O) groups is 1. The molecule has 0 saturated heterocycles. The van der Waals surface area contributed by atoms with Crippen molar-refractivity contribution in [1.29, 1.82) is 0 Å². The molecule has 4 nitrogen and oxygen atoms in total. The quantitative estimate of drug-likeness (QED) is 0.244. The van der Waals surface area contributed by atoms with Crippen LogP contribution in [0.1, 0.15) is 104 Å². The molecule has 0 aromatic carbocycles. The minimum atomic E-state index is -0.801. The Morgan fingerprint density at radius 2 is 1.25 bits per heavy atom. The molecule has 1 unspecified atom stereocenters. The summed E-state index contributed by atoms with van der Waals surface area (Å²) in [4.78, 5) is 21.7. The number of esters is 1. The first-order chi connectivity index (χ1) is 11.8.